The Bertz CT molecular complexity index is 6150. The minimum absolute atomic E-state index is 0.389. The van der Waals surface area contributed by atoms with Crippen LogP contribution in [0.1, 0.15) is 44.5 Å². The normalized spacial score (nSPS) is 12.5. The molecule has 2 aliphatic carbocycles. The van der Waals surface area contributed by atoms with E-state index in [4.69, 9.17) is 9.97 Å². The van der Waals surface area contributed by atoms with Crippen LogP contribution in [0, 0.1) is 0 Å². The van der Waals surface area contributed by atoms with E-state index in [9.17, 15) is 0 Å². The lowest BCUT2D eigenvalue weighted by Crippen LogP contribution is -2.28. The second kappa shape index (κ2) is 28.9. The summed E-state index contributed by atoms with van der Waals surface area (Å²) in [5, 5.41) is 0. The molecule has 0 saturated carbocycles. The van der Waals surface area contributed by atoms with Gasteiger partial charge in [-0.15, -0.1) is 0 Å². The van der Waals surface area contributed by atoms with E-state index in [1.807, 2.05) is 24.3 Å². The average molecular weight is 1400 g/mol. The van der Waals surface area contributed by atoms with Crippen molar-refractivity contribution in [3.63, 3.8) is 0 Å². The van der Waals surface area contributed by atoms with Gasteiger partial charge in [0.05, 0.1) is 33.6 Å². The number of aromatic nitrogens is 2. The zero-order valence-electron chi connectivity index (χ0n) is 60.6. The molecule has 18 aromatic rings. The lowest BCUT2D eigenvalue weighted by Gasteiger charge is -2.33. The van der Waals surface area contributed by atoms with Gasteiger partial charge in [0.1, 0.15) is 0 Å². The molecule has 0 spiro atoms. The lowest BCUT2D eigenvalue weighted by molar-refractivity contribution is 0.768. The quantitative estimate of drug-likeness (QED) is 0.108. The molecule has 2 aliphatic rings. The first-order valence-electron chi connectivity index (χ1n) is 37.9. The molecule has 0 aliphatic heterocycles. The molecule has 0 unspecified atom stereocenters. The van der Waals surface area contributed by atoms with Crippen LogP contribution in [0.15, 0.2) is 449 Å². The highest BCUT2D eigenvalue weighted by Crippen LogP contribution is 2.59. The van der Waals surface area contributed by atoms with E-state index in [0.717, 1.165) is 67.3 Å². The Balaban J connectivity index is 0.000000149. The van der Waals surface area contributed by atoms with Crippen LogP contribution in [0.5, 0.6) is 0 Å². The van der Waals surface area contributed by atoms with Crippen molar-refractivity contribution in [2.24, 2.45) is 0 Å². The second-order valence-corrected chi connectivity index (χ2v) is 28.6. The monoisotopic (exact) mass is 1400 g/mol. The van der Waals surface area contributed by atoms with Crippen molar-refractivity contribution in [2.45, 2.75) is 10.8 Å². The fourth-order valence-electron chi connectivity index (χ4n) is 17.2. The zero-order valence-corrected chi connectivity index (χ0v) is 60.6. The van der Waals surface area contributed by atoms with Gasteiger partial charge in [-0.2, -0.15) is 0 Å². The minimum Gasteiger partial charge on any atom is -0.248 e. The standard InChI is InChI=1S/2C54H37N/c1-5-17-38(18-6-1)52-36-45(37-53(55-52)39-19-7-2-8-20-39)43-24-16-22-41(34-43)40-21-15-23-42(33-40)44-31-32-51-49(35-44)48-29-13-14-30-50(48)54(51,46-25-9-3-10-26-46)47-27-11-4-12-28-47;1-5-16-40(17-6-1)52-36-45(37-53(55-52)41-18-7-2-8-19-41)43-21-15-20-42(34-43)38-28-30-39(31-29-38)44-32-33-51-49(35-44)48-26-13-14-27-50(48)54(51,46-22-9-3-10-23-46)47-24-11-4-12-25-47/h2*1-37H. The highest BCUT2D eigenvalue weighted by atomic mass is 14.7. The fraction of sp³-hybridized carbons (Fsp3) is 0.0185. The first-order chi connectivity index (χ1) is 54.5. The molecular formula is C108H74N2. The Morgan fingerprint density at radius 3 is 0.636 bits per heavy atom. The maximum atomic E-state index is 5.11. The summed E-state index contributed by atoms with van der Waals surface area (Å²) in [6.07, 6.45) is 0. The van der Waals surface area contributed by atoms with Gasteiger partial charge >= 0.3 is 0 Å². The van der Waals surface area contributed by atoms with Crippen LogP contribution in [-0.2, 0) is 10.8 Å². The molecule has 0 amide bonds. The van der Waals surface area contributed by atoms with Gasteiger partial charge in [0.25, 0.3) is 0 Å². The predicted octanol–water partition coefficient (Wildman–Crippen LogP) is 27.6. The van der Waals surface area contributed by atoms with E-state index in [1.54, 1.807) is 0 Å². The number of rotatable bonds is 14. The number of benzene rings is 16. The van der Waals surface area contributed by atoms with E-state index >= 15 is 0 Å². The Kier molecular flexibility index (Phi) is 17.5. The Morgan fingerprint density at radius 1 is 0.127 bits per heavy atom. The number of fused-ring (bicyclic) bond motifs is 6. The first kappa shape index (κ1) is 66.5. The van der Waals surface area contributed by atoms with Crippen LogP contribution in [0.25, 0.3) is 134 Å². The zero-order chi connectivity index (χ0) is 73.2. The van der Waals surface area contributed by atoms with Crippen molar-refractivity contribution in [3.05, 3.63) is 493 Å². The van der Waals surface area contributed by atoms with Crippen LogP contribution in [0.4, 0.5) is 0 Å². The van der Waals surface area contributed by atoms with Crippen molar-refractivity contribution in [3.8, 4) is 134 Å². The molecule has 2 nitrogen and oxygen atoms in total. The summed E-state index contributed by atoms with van der Waals surface area (Å²) >= 11 is 0. The molecule has 516 valence electrons. The van der Waals surface area contributed by atoms with Gasteiger partial charge in [-0.1, -0.05) is 394 Å². The largest absolute Gasteiger partial charge is 0.248 e. The summed E-state index contributed by atoms with van der Waals surface area (Å²) < 4.78 is 0. The van der Waals surface area contributed by atoms with E-state index in [1.165, 1.54) is 111 Å². The van der Waals surface area contributed by atoms with Crippen LogP contribution < -0.4 is 0 Å². The molecule has 0 fully saturated rings. The van der Waals surface area contributed by atoms with Gasteiger partial charge in [0.15, 0.2) is 0 Å². The third-order valence-electron chi connectivity index (χ3n) is 22.3. The third-order valence-corrected chi connectivity index (χ3v) is 22.3. The van der Waals surface area contributed by atoms with Crippen molar-refractivity contribution < 1.29 is 0 Å². The summed E-state index contributed by atoms with van der Waals surface area (Å²) in [4.78, 5) is 10.2. The van der Waals surface area contributed by atoms with Gasteiger partial charge in [0, 0.05) is 22.3 Å². The van der Waals surface area contributed by atoms with Crippen molar-refractivity contribution in [2.75, 3.05) is 0 Å². The van der Waals surface area contributed by atoms with Gasteiger partial charge in [0.2, 0.25) is 0 Å². The molecule has 0 bridgehead atoms. The van der Waals surface area contributed by atoms with Crippen LogP contribution in [-0.4, -0.2) is 9.97 Å². The molecule has 16 aromatic carbocycles. The summed E-state index contributed by atoms with van der Waals surface area (Å²) in [6, 6.07) is 162. The number of nitrogens with zero attached hydrogens (tertiary/aromatic N) is 2. The molecule has 2 heterocycles. The first-order valence-corrected chi connectivity index (χ1v) is 37.9. The SMILES string of the molecule is c1ccc(-c2cc(-c3cccc(-c4ccc(-c5ccc6c(c5)-c5ccccc5C6(c5ccccc5)c5ccccc5)cc4)c3)cc(-c3ccccc3)n2)cc1.c1ccc(-c2cc(-c3cccc(-c4cccc(-c5ccc6c(c5)-c5ccccc5C6(c5ccccc5)c5ccccc5)c4)c3)cc(-c3ccccc3)n2)cc1. The molecule has 20 rings (SSSR count). The third kappa shape index (κ3) is 12.2. The molecule has 0 N–H and O–H groups in total. The molecule has 110 heavy (non-hydrogen) atoms. The number of pyridine rings is 2. The average Bonchev–Trinajstić information content (AvgIpc) is 1.54. The highest BCUT2D eigenvalue weighted by Gasteiger charge is 2.47. The fourth-order valence-corrected chi connectivity index (χ4v) is 17.2. The minimum atomic E-state index is -0.400. The van der Waals surface area contributed by atoms with Crippen LogP contribution >= 0.6 is 0 Å². The Hall–Kier alpha value is -14.2. The smallest absolute Gasteiger partial charge is 0.0715 e. The summed E-state index contributed by atoms with van der Waals surface area (Å²) in [5.41, 5.74) is 37.2. The van der Waals surface area contributed by atoms with E-state index in [0.29, 0.717) is 0 Å². The summed E-state index contributed by atoms with van der Waals surface area (Å²) in [7, 11) is 0. The van der Waals surface area contributed by atoms with Crippen molar-refractivity contribution >= 4 is 0 Å². The topological polar surface area (TPSA) is 25.8 Å². The molecule has 2 aromatic heterocycles. The highest BCUT2D eigenvalue weighted by molar-refractivity contribution is 5.92. The van der Waals surface area contributed by atoms with E-state index in [-0.39, 0.29) is 5.41 Å². The number of hydrogen-bond donors (Lipinski definition) is 0. The van der Waals surface area contributed by atoms with Gasteiger partial charge in [-0.25, -0.2) is 9.97 Å². The van der Waals surface area contributed by atoms with Gasteiger partial charge in [-0.05, 0) is 188 Å². The van der Waals surface area contributed by atoms with Gasteiger partial charge in [-0.3, -0.25) is 0 Å². The Morgan fingerprint density at radius 2 is 0.336 bits per heavy atom. The van der Waals surface area contributed by atoms with Crippen LogP contribution in [0.3, 0.4) is 0 Å². The summed E-state index contributed by atoms with van der Waals surface area (Å²) in [6.45, 7) is 0. The van der Waals surface area contributed by atoms with E-state index in [2.05, 4.69) is 425 Å². The molecule has 0 atom stereocenters. The molecular weight excluding hydrogens is 1330 g/mol. The van der Waals surface area contributed by atoms with Gasteiger partial charge < -0.3 is 0 Å². The summed E-state index contributed by atoms with van der Waals surface area (Å²) in [5.74, 6) is 0. The van der Waals surface area contributed by atoms with Crippen molar-refractivity contribution in [1.29, 1.82) is 0 Å². The molecule has 0 radical (unpaired) electrons. The van der Waals surface area contributed by atoms with Crippen LogP contribution in [0.2, 0.25) is 0 Å². The lowest BCUT2D eigenvalue weighted by atomic mass is 9.67. The molecule has 0 saturated heterocycles. The van der Waals surface area contributed by atoms with Crippen molar-refractivity contribution in [1.82, 2.24) is 9.97 Å². The maximum absolute atomic E-state index is 5.11. The second-order valence-electron chi connectivity index (χ2n) is 28.6. The van der Waals surface area contributed by atoms with E-state index < -0.39 is 5.41 Å². The predicted molar refractivity (Wildman–Crippen MR) is 457 cm³/mol. The molecule has 2 heteroatoms. The Labute approximate surface area is 644 Å². The maximum Gasteiger partial charge on any atom is 0.0715 e. The number of hydrogen-bond acceptors (Lipinski definition) is 2.